The van der Waals surface area contributed by atoms with E-state index in [2.05, 4.69) is 50.2 Å². The molecule has 32 nitrogen and oxygen atoms in total. The van der Waals surface area contributed by atoms with Gasteiger partial charge in [0.25, 0.3) is 11.1 Å². The Labute approximate surface area is 464 Å². The number of nitrogens with one attached hydrogen (secondary N) is 3. The van der Waals surface area contributed by atoms with Crippen LogP contribution < -0.4 is 32.2 Å². The number of aliphatic hydroxyl groups excluding tert-OH is 2. The van der Waals surface area contributed by atoms with E-state index in [-0.39, 0.29) is 57.9 Å². The van der Waals surface area contributed by atoms with Crippen molar-refractivity contribution in [3.05, 3.63) is 93.2 Å². The molecule has 8 aromatic rings. The number of nitrogens with zero attached hydrogens (tertiary/aromatic N) is 10. The van der Waals surface area contributed by atoms with Crippen LogP contribution in [0.15, 0.2) is 82.3 Å². The Morgan fingerprint density at radius 3 is 2.24 bits per heavy atom. The molecule has 0 amide bonds. The number of phosphoric acid groups is 1. The number of benzene rings is 2. The second kappa shape index (κ2) is 27.2. The molecule has 6 heterocycles. The minimum absolute atomic E-state index is 0.144. The molecule has 0 aliphatic carbocycles. The van der Waals surface area contributed by atoms with Crippen LogP contribution in [0.2, 0.25) is 5.02 Å². The standard InChI is InChI=1S/C42H51ClN14O18P4S/c1-45-32-27-35(47-18-46-32)57(20-48-27)40(69-4)31(73-79(65,66)72-17-25(67-2)30(58)39(61)56-19-49-28-36(56)52-41(44)53-37(28)59)26(68-3)16-71-77(63)75-78(64)74-76(62)24-12-6-21(7-13-24)34-50-33-29(38(60)54-42(51-33)80-5)55(34)14-15-70-23-10-8-22(43)9-11-23/h6-13,18-20,25-26,30-31,39-40,58,61-64H,14-17H2,1-5H3,(H,65,66)(H,45,46,47)(H,51,54,60)(H3,44,52,53,59). The predicted octanol–water partition coefficient (Wildman–Crippen LogP) is 2.78. The average molecular weight is 1230 g/mol. The fraction of sp³-hybridized carbons (Fsp3) is 0.357. The summed E-state index contributed by atoms with van der Waals surface area (Å²) in [6.07, 6.45) is -4.83. The fourth-order valence-corrected chi connectivity index (χ4v) is 11.9. The van der Waals surface area contributed by atoms with Gasteiger partial charge in [-0.25, -0.2) is 38.8 Å². The lowest BCUT2D eigenvalue weighted by atomic mass is 10.2. The molecular formula is C42H51ClN14O18P4S. The molecule has 0 aliphatic rings. The first kappa shape index (κ1) is 60.8. The largest absolute Gasteiger partial charge is 0.492 e. The van der Waals surface area contributed by atoms with Gasteiger partial charge in [0.1, 0.15) is 54.4 Å². The third-order valence-electron chi connectivity index (χ3n) is 11.6. The lowest BCUT2D eigenvalue weighted by Crippen LogP contribution is -2.42. The van der Waals surface area contributed by atoms with Gasteiger partial charge in [-0.3, -0.25) is 42.0 Å². The molecule has 8 rings (SSSR count). The number of hydrogen-bond donors (Lipinski definition) is 10. The van der Waals surface area contributed by atoms with Crippen molar-refractivity contribution in [2.45, 2.75) is 48.6 Å². The Morgan fingerprint density at radius 1 is 0.838 bits per heavy atom. The molecule has 80 heavy (non-hydrogen) atoms. The van der Waals surface area contributed by atoms with Crippen LogP contribution in [0.4, 0.5) is 11.8 Å². The van der Waals surface area contributed by atoms with E-state index in [0.717, 1.165) is 18.0 Å². The molecule has 10 atom stereocenters. The average Bonchev–Trinajstić information content (AvgIpc) is 4.23. The maximum absolute atomic E-state index is 13.9. The topological polar surface area (TPSA) is 430 Å². The molecule has 0 bridgehead atoms. The first-order valence-electron chi connectivity index (χ1n) is 23.0. The van der Waals surface area contributed by atoms with Gasteiger partial charge in [-0.2, -0.15) is 4.98 Å². The number of nitrogen functional groups attached to an aromatic ring is 1. The summed E-state index contributed by atoms with van der Waals surface area (Å²) < 4.78 is 67.5. The van der Waals surface area contributed by atoms with E-state index in [9.17, 15) is 43.9 Å². The van der Waals surface area contributed by atoms with Crippen LogP contribution in [0.25, 0.3) is 44.9 Å². The van der Waals surface area contributed by atoms with Gasteiger partial charge in [-0.05, 0) is 42.7 Å². The van der Waals surface area contributed by atoms with Crippen molar-refractivity contribution in [2.75, 3.05) is 65.5 Å². The second-order valence-electron chi connectivity index (χ2n) is 16.4. The molecule has 0 fully saturated rings. The number of aromatic amines is 2. The normalized spacial score (nSPS) is 16.2. The van der Waals surface area contributed by atoms with Crippen LogP contribution in [0.1, 0.15) is 12.5 Å². The fourth-order valence-electron chi connectivity index (χ4n) is 7.81. The summed E-state index contributed by atoms with van der Waals surface area (Å²) in [6.45, 7) is -1.29. The predicted molar refractivity (Wildman–Crippen MR) is 290 cm³/mol. The van der Waals surface area contributed by atoms with Crippen molar-refractivity contribution in [3.63, 3.8) is 0 Å². The SMILES string of the molecule is CNc1ncnc2c1ncn2C(OC)C(OP(=O)(O)OCC(OC)C(O)C(O)n1cnc2c(=O)[nH]c(N)nc21)C(COP(O)OP(O)OP(O)c1ccc(-c2nc3nc(SC)[nH]c(=O)c3n2CCOc2ccc(Cl)cc2)cc1)OC. The van der Waals surface area contributed by atoms with E-state index in [0.29, 0.717) is 33.1 Å². The molecule has 10 unspecified atom stereocenters. The Hall–Kier alpha value is -5.31. The van der Waals surface area contributed by atoms with Crippen LogP contribution in [0, 0.1) is 0 Å². The van der Waals surface area contributed by atoms with Gasteiger partial charge >= 0.3 is 25.0 Å². The number of hydrogen-bond acceptors (Lipinski definition) is 27. The number of aliphatic hydroxyl groups is 2. The van der Waals surface area contributed by atoms with Gasteiger partial charge in [0.05, 0.1) is 32.4 Å². The van der Waals surface area contributed by atoms with Gasteiger partial charge in [-0.15, -0.1) is 0 Å². The zero-order valence-corrected chi connectivity index (χ0v) is 47.5. The van der Waals surface area contributed by atoms with Crippen molar-refractivity contribution in [1.82, 2.24) is 58.6 Å². The van der Waals surface area contributed by atoms with Gasteiger partial charge in [0.15, 0.2) is 51.4 Å². The summed E-state index contributed by atoms with van der Waals surface area (Å²) in [7, 11) is -8.95. The highest BCUT2D eigenvalue weighted by Crippen LogP contribution is 2.56. The molecule has 0 spiro atoms. The number of imidazole rings is 3. The van der Waals surface area contributed by atoms with Crippen molar-refractivity contribution in [1.29, 1.82) is 0 Å². The van der Waals surface area contributed by atoms with E-state index in [1.165, 1.54) is 55.3 Å². The minimum Gasteiger partial charge on any atom is -0.492 e. The molecule has 0 saturated carbocycles. The van der Waals surface area contributed by atoms with Crippen molar-refractivity contribution in [2.24, 2.45) is 0 Å². The zero-order valence-electron chi connectivity index (χ0n) is 42.4. The van der Waals surface area contributed by atoms with Gasteiger partial charge in [0.2, 0.25) is 14.3 Å². The number of anilines is 2. The maximum atomic E-state index is 13.9. The summed E-state index contributed by atoms with van der Waals surface area (Å²) in [5, 5.41) is 26.2. The highest BCUT2D eigenvalue weighted by Gasteiger charge is 2.42. The summed E-state index contributed by atoms with van der Waals surface area (Å²) in [5.74, 6) is 0.929. The number of nitrogens with two attached hydrogens (primary N) is 1. The molecule has 0 aliphatic heterocycles. The number of methoxy groups -OCH3 is 3. The third-order valence-corrected chi connectivity index (χ3v) is 16.8. The lowest BCUT2D eigenvalue weighted by molar-refractivity contribution is -0.132. The third kappa shape index (κ3) is 14.1. The molecule has 2 aromatic carbocycles. The Balaban J connectivity index is 0.936. The number of H-pyrrole nitrogens is 2. The van der Waals surface area contributed by atoms with Gasteiger partial charge in [0, 0.05) is 44.3 Å². The van der Waals surface area contributed by atoms with Crippen LogP contribution >= 0.6 is 56.8 Å². The first-order chi connectivity index (χ1) is 38.4. The molecule has 0 radical (unpaired) electrons. The minimum atomic E-state index is -5.34. The van der Waals surface area contributed by atoms with Crippen molar-refractivity contribution in [3.8, 4) is 17.1 Å². The summed E-state index contributed by atoms with van der Waals surface area (Å²) >= 11 is 7.26. The van der Waals surface area contributed by atoms with E-state index in [1.54, 1.807) is 54.3 Å². The molecular weight excluding hydrogens is 1180 g/mol. The van der Waals surface area contributed by atoms with Crippen LogP contribution in [-0.2, 0) is 47.5 Å². The van der Waals surface area contributed by atoms with Crippen LogP contribution in [-0.4, -0.2) is 167 Å². The van der Waals surface area contributed by atoms with E-state index in [1.807, 2.05) is 0 Å². The Morgan fingerprint density at radius 2 is 1.55 bits per heavy atom. The van der Waals surface area contributed by atoms with Gasteiger partial charge in [-0.1, -0.05) is 35.5 Å². The first-order valence-corrected chi connectivity index (χ1v) is 29.6. The zero-order chi connectivity index (χ0) is 57.4. The quantitative estimate of drug-likeness (QED) is 0.0183. The maximum Gasteiger partial charge on any atom is 0.472 e. The molecule has 0 saturated heterocycles. The molecule has 430 valence electrons. The Bertz CT molecular complexity index is 3550. The van der Waals surface area contributed by atoms with Crippen molar-refractivity contribution < 1.29 is 75.5 Å². The molecule has 11 N–H and O–H groups in total. The van der Waals surface area contributed by atoms with E-state index >= 15 is 0 Å². The smallest absolute Gasteiger partial charge is 0.472 e. The number of fused-ring (bicyclic) bond motifs is 3. The summed E-state index contributed by atoms with van der Waals surface area (Å²) in [6, 6.07) is 13.0. The van der Waals surface area contributed by atoms with Gasteiger partial charge < -0.3 is 68.9 Å². The number of aromatic nitrogens is 12. The second-order valence-corrected chi connectivity index (χ2v) is 22.6. The summed E-state index contributed by atoms with van der Waals surface area (Å²) in [4.78, 5) is 104. The number of halogens is 1. The van der Waals surface area contributed by atoms with E-state index in [4.69, 9.17) is 58.5 Å². The molecule has 38 heteroatoms. The Kier molecular flexibility index (Phi) is 20.6. The number of ether oxygens (including phenoxy) is 4. The van der Waals surface area contributed by atoms with Crippen LogP contribution in [0.3, 0.4) is 0 Å². The number of phosphoric ester groups is 1. The van der Waals surface area contributed by atoms with Crippen LogP contribution in [0.5, 0.6) is 5.75 Å². The highest BCUT2D eigenvalue weighted by atomic mass is 35.5. The summed E-state index contributed by atoms with van der Waals surface area (Å²) in [5.41, 5.74) is 5.46. The molecule has 6 aromatic heterocycles. The monoisotopic (exact) mass is 1230 g/mol. The van der Waals surface area contributed by atoms with E-state index < -0.39 is 94.6 Å². The number of rotatable bonds is 29. The highest BCUT2D eigenvalue weighted by molar-refractivity contribution is 7.98. The lowest BCUT2D eigenvalue weighted by Gasteiger charge is -2.33. The van der Waals surface area contributed by atoms with Crippen molar-refractivity contribution >= 4 is 107 Å². The number of thioether (sulfide) groups is 1.